The Labute approximate surface area is 185 Å². The fourth-order valence-electron chi connectivity index (χ4n) is 4.41. The van der Waals surface area contributed by atoms with Crippen molar-refractivity contribution in [3.63, 3.8) is 0 Å². The zero-order valence-corrected chi connectivity index (χ0v) is 18.0. The number of carbonyl (C=O) groups excluding carboxylic acids is 1. The Hall–Kier alpha value is -3.16. The topological polar surface area (TPSA) is 108 Å². The van der Waals surface area contributed by atoms with Gasteiger partial charge < -0.3 is 10.2 Å². The quantitative estimate of drug-likeness (QED) is 0.512. The Bertz CT molecular complexity index is 1370. The zero-order chi connectivity index (χ0) is 20.9. The second-order valence-electron chi connectivity index (χ2n) is 8.00. The van der Waals surface area contributed by atoms with E-state index in [0.29, 0.717) is 13.1 Å². The number of carbonyl (C=O) groups is 1. The van der Waals surface area contributed by atoms with Crippen LogP contribution in [0.5, 0.6) is 0 Å². The maximum absolute atomic E-state index is 12.8. The maximum atomic E-state index is 12.8. The van der Waals surface area contributed by atoms with Crippen molar-refractivity contribution in [1.29, 1.82) is 5.26 Å². The number of amides is 1. The van der Waals surface area contributed by atoms with Crippen LogP contribution in [0, 0.1) is 23.2 Å². The van der Waals surface area contributed by atoms with Gasteiger partial charge in [-0.2, -0.15) is 5.26 Å². The molecule has 31 heavy (non-hydrogen) atoms. The van der Waals surface area contributed by atoms with Crippen LogP contribution in [0.1, 0.15) is 16.9 Å². The smallest absolute Gasteiger partial charge is 0.226 e. The Kier molecular flexibility index (Phi) is 4.33. The molecule has 4 heterocycles. The van der Waals surface area contributed by atoms with Gasteiger partial charge in [0.25, 0.3) is 0 Å². The highest BCUT2D eigenvalue weighted by Crippen LogP contribution is 2.41. The van der Waals surface area contributed by atoms with Crippen LogP contribution in [0.4, 0.5) is 11.5 Å². The molecule has 0 unspecified atom stereocenters. The lowest BCUT2D eigenvalue weighted by Gasteiger charge is -2.38. The van der Waals surface area contributed by atoms with Crippen LogP contribution in [0.15, 0.2) is 24.5 Å². The van der Waals surface area contributed by atoms with Crippen molar-refractivity contribution < 1.29 is 4.79 Å². The number of benzene rings is 1. The Balaban J connectivity index is 1.28. The SMILES string of the molecule is N#CC1CN(C(=O)[C@H]2CCc3c(sc4ncnc(Nc5ccc6nnsc6c5)c34)C2)C1. The summed E-state index contributed by atoms with van der Waals surface area (Å²) in [6, 6.07) is 8.20. The third-order valence-electron chi connectivity index (χ3n) is 6.08. The van der Waals surface area contributed by atoms with E-state index in [4.69, 9.17) is 5.26 Å². The van der Waals surface area contributed by atoms with Crippen molar-refractivity contribution >= 4 is 60.7 Å². The van der Waals surface area contributed by atoms with E-state index in [-0.39, 0.29) is 17.7 Å². The summed E-state index contributed by atoms with van der Waals surface area (Å²) >= 11 is 3.03. The highest BCUT2D eigenvalue weighted by Gasteiger charge is 2.37. The number of fused-ring (bicyclic) bond motifs is 4. The third-order valence-corrected chi connectivity index (χ3v) is 7.93. The molecule has 1 atom stereocenters. The molecule has 1 N–H and O–H groups in total. The molecule has 1 amide bonds. The minimum atomic E-state index is -0.00851. The van der Waals surface area contributed by atoms with Crippen LogP contribution in [0.2, 0.25) is 0 Å². The van der Waals surface area contributed by atoms with E-state index in [1.807, 2.05) is 23.1 Å². The molecule has 1 aromatic carbocycles. The highest BCUT2D eigenvalue weighted by atomic mass is 32.1. The molecule has 154 valence electrons. The summed E-state index contributed by atoms with van der Waals surface area (Å²) in [7, 11) is 0. The summed E-state index contributed by atoms with van der Waals surface area (Å²) in [5.41, 5.74) is 3.08. The number of anilines is 2. The number of nitrogens with one attached hydrogen (secondary N) is 1. The second kappa shape index (κ2) is 7.21. The number of nitriles is 1. The molecule has 8 nitrogen and oxygen atoms in total. The van der Waals surface area contributed by atoms with Crippen molar-refractivity contribution in [2.24, 2.45) is 11.8 Å². The first-order valence-electron chi connectivity index (χ1n) is 10.1. The maximum Gasteiger partial charge on any atom is 0.226 e. The lowest BCUT2D eigenvalue weighted by Crippen LogP contribution is -2.52. The molecular weight excluding hydrogens is 430 g/mol. The van der Waals surface area contributed by atoms with E-state index >= 15 is 0 Å². The van der Waals surface area contributed by atoms with Crippen molar-refractivity contribution in [2.45, 2.75) is 19.3 Å². The van der Waals surface area contributed by atoms with Gasteiger partial charge in [0.1, 0.15) is 22.5 Å². The fourth-order valence-corrected chi connectivity index (χ4v) is 6.27. The summed E-state index contributed by atoms with van der Waals surface area (Å²) in [5.74, 6) is 0.969. The van der Waals surface area contributed by atoms with Crippen LogP contribution >= 0.6 is 22.9 Å². The van der Waals surface area contributed by atoms with Crippen LogP contribution in [-0.4, -0.2) is 43.5 Å². The highest BCUT2D eigenvalue weighted by molar-refractivity contribution is 7.19. The van der Waals surface area contributed by atoms with Gasteiger partial charge in [-0.15, -0.1) is 16.4 Å². The van der Waals surface area contributed by atoms with E-state index in [1.165, 1.54) is 22.0 Å². The van der Waals surface area contributed by atoms with Gasteiger partial charge in [-0.3, -0.25) is 4.79 Å². The second-order valence-corrected chi connectivity index (χ2v) is 9.86. The number of aryl methyl sites for hydroxylation is 1. The number of likely N-dealkylation sites (tertiary alicyclic amines) is 1. The van der Waals surface area contributed by atoms with Gasteiger partial charge in [-0.05, 0) is 54.6 Å². The van der Waals surface area contributed by atoms with Gasteiger partial charge >= 0.3 is 0 Å². The Morgan fingerprint density at radius 2 is 2.19 bits per heavy atom. The lowest BCUT2D eigenvalue weighted by molar-refractivity contribution is -0.141. The predicted octanol–water partition coefficient (Wildman–Crippen LogP) is 3.53. The first-order chi connectivity index (χ1) is 15.2. The molecule has 6 rings (SSSR count). The fraction of sp³-hybridized carbons (Fsp3) is 0.333. The molecule has 1 saturated heterocycles. The summed E-state index contributed by atoms with van der Waals surface area (Å²) in [6.45, 7) is 1.15. The van der Waals surface area contributed by atoms with Gasteiger partial charge in [-0.25, -0.2) is 9.97 Å². The number of thiophene rings is 1. The van der Waals surface area contributed by atoms with Gasteiger partial charge in [0.15, 0.2) is 0 Å². The van der Waals surface area contributed by atoms with Crippen LogP contribution in [-0.2, 0) is 17.6 Å². The van der Waals surface area contributed by atoms with Crippen molar-refractivity contribution in [3.05, 3.63) is 35.0 Å². The Morgan fingerprint density at radius 1 is 1.29 bits per heavy atom. The van der Waals surface area contributed by atoms with Crippen molar-refractivity contribution in [2.75, 3.05) is 18.4 Å². The van der Waals surface area contributed by atoms with Crippen LogP contribution < -0.4 is 5.32 Å². The largest absolute Gasteiger partial charge is 0.340 e. The van der Waals surface area contributed by atoms with E-state index < -0.39 is 0 Å². The predicted molar refractivity (Wildman–Crippen MR) is 119 cm³/mol. The molecule has 1 aliphatic carbocycles. The lowest BCUT2D eigenvalue weighted by atomic mass is 9.85. The minimum absolute atomic E-state index is 0.00343. The first kappa shape index (κ1) is 18.6. The van der Waals surface area contributed by atoms with E-state index in [2.05, 4.69) is 30.9 Å². The molecule has 0 saturated carbocycles. The van der Waals surface area contributed by atoms with E-state index in [0.717, 1.165) is 51.2 Å². The number of rotatable bonds is 3. The number of aromatic nitrogens is 4. The van der Waals surface area contributed by atoms with Gasteiger partial charge in [-0.1, -0.05) is 4.49 Å². The average Bonchev–Trinajstić information content (AvgIpc) is 3.36. The van der Waals surface area contributed by atoms with Crippen molar-refractivity contribution in [1.82, 2.24) is 24.5 Å². The average molecular weight is 448 g/mol. The molecule has 4 aromatic rings. The van der Waals surface area contributed by atoms with Crippen LogP contribution in [0.3, 0.4) is 0 Å². The van der Waals surface area contributed by atoms with Crippen molar-refractivity contribution in [3.8, 4) is 6.07 Å². The molecule has 3 aromatic heterocycles. The van der Waals surface area contributed by atoms with Gasteiger partial charge in [0.05, 0.1) is 22.1 Å². The zero-order valence-electron chi connectivity index (χ0n) is 16.4. The standard InChI is InChI=1S/C21H17N7OS2/c22-7-11-8-28(9-11)21(29)12-1-3-14-16(5-12)30-20-18(14)19(23-10-24-20)25-13-2-4-15-17(6-13)31-27-26-15/h2,4,6,10-12H,1,3,5,8-9H2,(H,23,24,25)/t12-/m0/s1. The first-order valence-corrected chi connectivity index (χ1v) is 11.7. The molecule has 1 fully saturated rings. The van der Waals surface area contributed by atoms with Gasteiger partial charge in [0, 0.05) is 29.6 Å². The summed E-state index contributed by atoms with van der Waals surface area (Å²) < 4.78 is 5.02. The molecule has 0 spiro atoms. The number of hydrogen-bond acceptors (Lipinski definition) is 9. The number of nitrogens with zero attached hydrogens (tertiary/aromatic N) is 6. The molecule has 2 aliphatic rings. The minimum Gasteiger partial charge on any atom is -0.340 e. The molecular formula is C21H17N7OS2. The third kappa shape index (κ3) is 3.12. The monoisotopic (exact) mass is 447 g/mol. The summed E-state index contributed by atoms with van der Waals surface area (Å²) in [4.78, 5) is 25.9. The molecule has 10 heteroatoms. The molecule has 1 aliphatic heterocycles. The summed E-state index contributed by atoms with van der Waals surface area (Å²) in [6.07, 6.45) is 3.98. The van der Waals surface area contributed by atoms with E-state index in [1.54, 1.807) is 17.7 Å². The molecule has 0 bridgehead atoms. The summed E-state index contributed by atoms with van der Waals surface area (Å²) in [5, 5.41) is 17.6. The molecule has 0 radical (unpaired) electrons. The van der Waals surface area contributed by atoms with Crippen LogP contribution in [0.25, 0.3) is 20.4 Å². The van der Waals surface area contributed by atoms with E-state index in [9.17, 15) is 4.79 Å². The number of hydrogen-bond donors (Lipinski definition) is 1. The Morgan fingerprint density at radius 3 is 3.06 bits per heavy atom. The van der Waals surface area contributed by atoms with Gasteiger partial charge in [0.2, 0.25) is 5.91 Å². The normalized spacial score (nSPS) is 18.5.